The summed E-state index contributed by atoms with van der Waals surface area (Å²) in [5, 5.41) is 4.20. The van der Waals surface area contributed by atoms with Gasteiger partial charge in [0.1, 0.15) is 5.82 Å². The van der Waals surface area contributed by atoms with Crippen molar-refractivity contribution < 1.29 is 4.52 Å². The van der Waals surface area contributed by atoms with Gasteiger partial charge in [0.2, 0.25) is 11.7 Å². The van der Waals surface area contributed by atoms with Crippen molar-refractivity contribution in [3.8, 4) is 11.4 Å². The lowest BCUT2D eigenvalue weighted by Crippen LogP contribution is -2.46. The summed E-state index contributed by atoms with van der Waals surface area (Å²) >= 11 is 0. The van der Waals surface area contributed by atoms with Crippen LogP contribution in [0.3, 0.4) is 0 Å². The summed E-state index contributed by atoms with van der Waals surface area (Å²) in [5.74, 6) is 2.32. The van der Waals surface area contributed by atoms with Crippen LogP contribution in [0.25, 0.3) is 11.4 Å². The molecule has 4 heterocycles. The van der Waals surface area contributed by atoms with E-state index in [1.807, 2.05) is 6.20 Å². The Morgan fingerprint density at radius 1 is 0.875 bits per heavy atom. The third-order valence-corrected chi connectivity index (χ3v) is 6.80. The predicted molar refractivity (Wildman–Crippen MR) is 127 cm³/mol. The second kappa shape index (κ2) is 9.28. The zero-order valence-electron chi connectivity index (χ0n) is 19.1. The lowest BCUT2D eigenvalue weighted by Gasteiger charge is -2.36. The highest BCUT2D eigenvalue weighted by molar-refractivity contribution is 5.57. The van der Waals surface area contributed by atoms with Crippen molar-refractivity contribution in [3.63, 3.8) is 0 Å². The fraction of sp³-hybridized carbons (Fsp3) is 0.480. The second-order valence-electron chi connectivity index (χ2n) is 8.95. The standard InChI is InChI=1S/C25H32N6O/c1-19-7-6-8-22(20(19)2)30-15-13-29(14-16-30)18-24-27-25(28-32-24)21-9-10-23(26-17-21)31-11-4-3-5-12-31/h6-10,17H,3-5,11-16,18H2,1-2H3. The lowest BCUT2D eigenvalue weighted by atomic mass is 10.1. The maximum absolute atomic E-state index is 5.56. The molecule has 0 saturated carbocycles. The zero-order valence-corrected chi connectivity index (χ0v) is 19.1. The van der Waals surface area contributed by atoms with Gasteiger partial charge in [0.25, 0.3) is 0 Å². The number of piperidine rings is 1. The second-order valence-corrected chi connectivity index (χ2v) is 8.95. The third-order valence-electron chi connectivity index (χ3n) is 6.80. The molecule has 32 heavy (non-hydrogen) atoms. The van der Waals surface area contributed by atoms with Crippen LogP contribution in [0.2, 0.25) is 0 Å². The monoisotopic (exact) mass is 432 g/mol. The number of aromatic nitrogens is 3. The molecule has 0 spiro atoms. The van der Waals surface area contributed by atoms with Crippen molar-refractivity contribution in [3.05, 3.63) is 53.5 Å². The molecule has 3 aromatic rings. The van der Waals surface area contributed by atoms with Gasteiger partial charge < -0.3 is 14.3 Å². The van der Waals surface area contributed by atoms with Crippen LogP contribution in [-0.4, -0.2) is 59.3 Å². The van der Waals surface area contributed by atoms with Gasteiger partial charge in [-0.15, -0.1) is 0 Å². The summed E-state index contributed by atoms with van der Waals surface area (Å²) in [7, 11) is 0. The van der Waals surface area contributed by atoms with E-state index >= 15 is 0 Å². The Morgan fingerprint density at radius 3 is 2.44 bits per heavy atom. The molecule has 2 fully saturated rings. The molecule has 0 aliphatic carbocycles. The van der Waals surface area contributed by atoms with Crippen LogP contribution >= 0.6 is 0 Å². The van der Waals surface area contributed by atoms with Crippen LogP contribution in [0.15, 0.2) is 41.1 Å². The number of benzene rings is 1. The van der Waals surface area contributed by atoms with E-state index in [1.54, 1.807) is 0 Å². The minimum absolute atomic E-state index is 0.617. The molecular formula is C25H32N6O. The first-order valence-electron chi connectivity index (χ1n) is 11.7. The van der Waals surface area contributed by atoms with Gasteiger partial charge in [-0.3, -0.25) is 4.90 Å². The highest BCUT2D eigenvalue weighted by atomic mass is 16.5. The van der Waals surface area contributed by atoms with Gasteiger partial charge in [-0.25, -0.2) is 4.98 Å². The quantitative estimate of drug-likeness (QED) is 0.602. The van der Waals surface area contributed by atoms with Crippen molar-refractivity contribution in [2.24, 2.45) is 0 Å². The first kappa shape index (κ1) is 20.9. The first-order chi connectivity index (χ1) is 15.7. The van der Waals surface area contributed by atoms with Gasteiger partial charge in [0.05, 0.1) is 6.54 Å². The molecule has 0 amide bonds. The summed E-state index contributed by atoms with van der Waals surface area (Å²) in [6, 6.07) is 10.7. The van der Waals surface area contributed by atoms with Crippen LogP contribution in [-0.2, 0) is 6.54 Å². The van der Waals surface area contributed by atoms with E-state index in [-0.39, 0.29) is 0 Å². The molecule has 0 bridgehead atoms. The Labute approximate surface area is 190 Å². The van der Waals surface area contributed by atoms with E-state index in [0.717, 1.165) is 50.6 Å². The molecule has 0 N–H and O–H groups in total. The molecule has 7 nitrogen and oxygen atoms in total. The molecule has 2 aliphatic rings. The number of hydrogen-bond donors (Lipinski definition) is 0. The minimum atomic E-state index is 0.617. The van der Waals surface area contributed by atoms with E-state index in [9.17, 15) is 0 Å². The molecule has 0 radical (unpaired) electrons. The van der Waals surface area contributed by atoms with Crippen LogP contribution in [0, 0.1) is 13.8 Å². The van der Waals surface area contributed by atoms with Crippen LogP contribution < -0.4 is 9.80 Å². The van der Waals surface area contributed by atoms with E-state index in [2.05, 4.69) is 74.0 Å². The molecule has 2 aliphatic heterocycles. The van der Waals surface area contributed by atoms with Gasteiger partial charge in [0.15, 0.2) is 0 Å². The Kier molecular flexibility index (Phi) is 6.08. The maximum Gasteiger partial charge on any atom is 0.241 e. The number of hydrogen-bond acceptors (Lipinski definition) is 7. The fourth-order valence-electron chi connectivity index (χ4n) is 4.68. The average Bonchev–Trinajstić information content (AvgIpc) is 3.31. The molecule has 1 aromatic carbocycles. The molecule has 7 heteroatoms. The predicted octanol–water partition coefficient (Wildman–Crippen LogP) is 4.06. The number of rotatable bonds is 5. The fourth-order valence-corrected chi connectivity index (χ4v) is 4.68. The van der Waals surface area contributed by atoms with Crippen molar-refractivity contribution in [1.29, 1.82) is 0 Å². The molecule has 0 unspecified atom stereocenters. The highest BCUT2D eigenvalue weighted by Gasteiger charge is 2.21. The average molecular weight is 433 g/mol. The van der Waals surface area contributed by atoms with E-state index in [1.165, 1.54) is 36.1 Å². The first-order valence-corrected chi connectivity index (χ1v) is 11.7. The van der Waals surface area contributed by atoms with Crippen LogP contribution in [0.5, 0.6) is 0 Å². The summed E-state index contributed by atoms with van der Waals surface area (Å²) in [4.78, 5) is 16.5. The van der Waals surface area contributed by atoms with Crippen LogP contribution in [0.1, 0.15) is 36.3 Å². The van der Waals surface area contributed by atoms with Crippen molar-refractivity contribution in [1.82, 2.24) is 20.0 Å². The Morgan fingerprint density at radius 2 is 1.69 bits per heavy atom. The molecule has 5 rings (SSSR count). The normalized spacial score (nSPS) is 17.7. The summed E-state index contributed by atoms with van der Waals surface area (Å²) in [6.45, 7) is 11.2. The zero-order chi connectivity index (χ0) is 21.9. The number of pyridine rings is 1. The Hall–Kier alpha value is -2.93. The summed E-state index contributed by atoms with van der Waals surface area (Å²) in [5.41, 5.74) is 4.98. The van der Waals surface area contributed by atoms with E-state index < -0.39 is 0 Å². The Balaban J connectivity index is 1.17. The number of piperazine rings is 1. The van der Waals surface area contributed by atoms with Crippen molar-refractivity contribution in [2.45, 2.75) is 39.7 Å². The third kappa shape index (κ3) is 4.48. The number of aryl methyl sites for hydroxylation is 1. The highest BCUT2D eigenvalue weighted by Crippen LogP contribution is 2.25. The van der Waals surface area contributed by atoms with Crippen molar-refractivity contribution >= 4 is 11.5 Å². The minimum Gasteiger partial charge on any atom is -0.369 e. The Bertz CT molecular complexity index is 1030. The smallest absolute Gasteiger partial charge is 0.241 e. The molecular weight excluding hydrogens is 400 g/mol. The van der Waals surface area contributed by atoms with E-state index in [0.29, 0.717) is 18.3 Å². The summed E-state index contributed by atoms with van der Waals surface area (Å²) in [6.07, 6.45) is 5.68. The lowest BCUT2D eigenvalue weighted by molar-refractivity contribution is 0.215. The maximum atomic E-state index is 5.56. The molecule has 2 saturated heterocycles. The van der Waals surface area contributed by atoms with Gasteiger partial charge in [-0.2, -0.15) is 4.98 Å². The number of nitrogens with zero attached hydrogens (tertiary/aromatic N) is 6. The molecule has 168 valence electrons. The van der Waals surface area contributed by atoms with Gasteiger partial charge >= 0.3 is 0 Å². The number of anilines is 2. The molecule has 0 atom stereocenters. The summed E-state index contributed by atoms with van der Waals surface area (Å²) < 4.78 is 5.56. The molecule has 2 aromatic heterocycles. The SMILES string of the molecule is Cc1cccc(N2CCN(Cc3nc(-c4ccc(N5CCCCC5)nc4)no3)CC2)c1C. The van der Waals surface area contributed by atoms with Crippen molar-refractivity contribution in [2.75, 3.05) is 49.1 Å². The topological polar surface area (TPSA) is 61.5 Å². The van der Waals surface area contributed by atoms with Gasteiger partial charge in [-0.1, -0.05) is 17.3 Å². The van der Waals surface area contributed by atoms with Crippen LogP contribution in [0.4, 0.5) is 11.5 Å². The largest absolute Gasteiger partial charge is 0.369 e. The van der Waals surface area contributed by atoms with Gasteiger partial charge in [-0.05, 0) is 62.4 Å². The van der Waals surface area contributed by atoms with Gasteiger partial charge in [0, 0.05) is 56.7 Å². The van der Waals surface area contributed by atoms with E-state index in [4.69, 9.17) is 4.52 Å².